The van der Waals surface area contributed by atoms with Crippen LogP contribution in [0, 0.1) is 0 Å². The fourth-order valence-corrected chi connectivity index (χ4v) is 1.48. The van der Waals surface area contributed by atoms with E-state index in [0.29, 0.717) is 13.0 Å². The quantitative estimate of drug-likeness (QED) is 0.815. The molecule has 0 radical (unpaired) electrons. The average Bonchev–Trinajstić information content (AvgIpc) is 2.75. The second kappa shape index (κ2) is 4.70. The Labute approximate surface area is 88.2 Å². The van der Waals surface area contributed by atoms with Gasteiger partial charge in [0, 0.05) is 18.7 Å². The third-order valence-electron chi connectivity index (χ3n) is 2.22. The third kappa shape index (κ3) is 2.22. The van der Waals surface area contributed by atoms with Crippen LogP contribution in [0.15, 0.2) is 36.5 Å². The zero-order valence-corrected chi connectivity index (χ0v) is 8.37. The molecule has 4 heteroatoms. The first-order valence-electron chi connectivity index (χ1n) is 4.96. The molecule has 4 nitrogen and oxygen atoms in total. The first-order valence-corrected chi connectivity index (χ1v) is 4.96. The van der Waals surface area contributed by atoms with Crippen LogP contribution >= 0.6 is 0 Å². The molecule has 0 aliphatic carbocycles. The van der Waals surface area contributed by atoms with Crippen molar-refractivity contribution < 1.29 is 5.11 Å². The normalized spacial score (nSPS) is 10.5. The Bertz CT molecular complexity index is 411. The van der Waals surface area contributed by atoms with Crippen molar-refractivity contribution in [2.24, 2.45) is 0 Å². The largest absolute Gasteiger partial charge is 0.396 e. The van der Waals surface area contributed by atoms with Crippen LogP contribution in [0.2, 0.25) is 0 Å². The third-order valence-corrected chi connectivity index (χ3v) is 2.22. The van der Waals surface area contributed by atoms with Crippen LogP contribution < -0.4 is 0 Å². The van der Waals surface area contributed by atoms with E-state index in [4.69, 9.17) is 5.11 Å². The number of nitrogens with zero attached hydrogens (tertiary/aromatic N) is 3. The molecule has 0 aliphatic rings. The van der Waals surface area contributed by atoms with E-state index < -0.39 is 0 Å². The summed E-state index contributed by atoms with van der Waals surface area (Å²) < 4.78 is 1.81. The topological polar surface area (TPSA) is 50.9 Å². The number of aliphatic hydroxyl groups is 1. The molecule has 0 saturated heterocycles. The number of aromatic nitrogens is 3. The zero-order valence-electron chi connectivity index (χ0n) is 8.37. The van der Waals surface area contributed by atoms with Crippen molar-refractivity contribution in [3.05, 3.63) is 36.5 Å². The van der Waals surface area contributed by atoms with E-state index in [1.165, 1.54) is 0 Å². The van der Waals surface area contributed by atoms with Crippen molar-refractivity contribution in [1.82, 2.24) is 15.0 Å². The molecule has 0 bridgehead atoms. The molecule has 0 spiro atoms. The van der Waals surface area contributed by atoms with Crippen molar-refractivity contribution >= 4 is 0 Å². The van der Waals surface area contributed by atoms with Crippen molar-refractivity contribution in [3.63, 3.8) is 0 Å². The molecule has 0 unspecified atom stereocenters. The van der Waals surface area contributed by atoms with E-state index in [2.05, 4.69) is 10.3 Å². The Hall–Kier alpha value is -1.68. The summed E-state index contributed by atoms with van der Waals surface area (Å²) >= 11 is 0. The second-order valence-electron chi connectivity index (χ2n) is 3.29. The predicted octanol–water partition coefficient (Wildman–Crippen LogP) is 1.33. The molecule has 0 fully saturated rings. The zero-order chi connectivity index (χ0) is 10.5. The highest BCUT2D eigenvalue weighted by molar-refractivity contribution is 5.57. The van der Waals surface area contributed by atoms with Gasteiger partial charge >= 0.3 is 0 Å². The molecule has 1 N–H and O–H groups in total. The smallest absolute Gasteiger partial charge is 0.0885 e. The van der Waals surface area contributed by atoms with Crippen LogP contribution in [0.1, 0.15) is 6.42 Å². The lowest BCUT2D eigenvalue weighted by molar-refractivity contribution is 0.276. The van der Waals surface area contributed by atoms with E-state index in [9.17, 15) is 0 Å². The van der Waals surface area contributed by atoms with Crippen LogP contribution in [-0.2, 0) is 6.54 Å². The first kappa shape index (κ1) is 9.86. The molecule has 1 aromatic heterocycles. The minimum absolute atomic E-state index is 0.175. The fraction of sp³-hybridized carbons (Fsp3) is 0.273. The highest BCUT2D eigenvalue weighted by Gasteiger charge is 2.04. The van der Waals surface area contributed by atoms with E-state index in [1.807, 2.05) is 35.0 Å². The highest BCUT2D eigenvalue weighted by atomic mass is 16.3. The van der Waals surface area contributed by atoms with Crippen molar-refractivity contribution in [1.29, 1.82) is 0 Å². The van der Waals surface area contributed by atoms with Crippen LogP contribution in [0.5, 0.6) is 0 Å². The second-order valence-corrected chi connectivity index (χ2v) is 3.29. The lowest BCUT2D eigenvalue weighted by Crippen LogP contribution is -2.04. The molecule has 78 valence electrons. The van der Waals surface area contributed by atoms with Crippen molar-refractivity contribution in [3.8, 4) is 11.3 Å². The van der Waals surface area contributed by atoms with Gasteiger partial charge in [0.2, 0.25) is 0 Å². The standard InChI is InChI=1S/C11H13N3O/c15-8-4-7-14-11(9-12-13-14)10-5-2-1-3-6-10/h1-3,5-6,9,15H,4,7-8H2. The summed E-state index contributed by atoms with van der Waals surface area (Å²) in [6.45, 7) is 0.870. The Morgan fingerprint density at radius 1 is 1.20 bits per heavy atom. The maximum atomic E-state index is 8.77. The number of benzene rings is 1. The van der Waals surface area contributed by atoms with Gasteiger partial charge in [-0.25, -0.2) is 4.68 Å². The monoisotopic (exact) mass is 203 g/mol. The summed E-state index contributed by atoms with van der Waals surface area (Å²) in [4.78, 5) is 0. The van der Waals surface area contributed by atoms with Gasteiger partial charge in [-0.05, 0) is 6.42 Å². The SMILES string of the molecule is OCCCn1nncc1-c1ccccc1. The summed E-state index contributed by atoms with van der Waals surface area (Å²) in [5.74, 6) is 0. The lowest BCUT2D eigenvalue weighted by atomic mass is 10.2. The molecular formula is C11H13N3O. The van der Waals surface area contributed by atoms with Gasteiger partial charge in [0.15, 0.2) is 0 Å². The molecule has 1 aromatic carbocycles. The fourth-order valence-electron chi connectivity index (χ4n) is 1.48. The van der Waals surface area contributed by atoms with Crippen LogP contribution in [0.3, 0.4) is 0 Å². The summed E-state index contributed by atoms with van der Waals surface area (Å²) in [6, 6.07) is 9.99. The first-order chi connectivity index (χ1) is 7.42. The van der Waals surface area contributed by atoms with E-state index in [1.54, 1.807) is 6.20 Å². The van der Waals surface area contributed by atoms with Gasteiger partial charge in [-0.2, -0.15) is 0 Å². The molecule has 1 heterocycles. The summed E-state index contributed by atoms with van der Waals surface area (Å²) in [6.07, 6.45) is 2.44. The molecule has 2 rings (SSSR count). The summed E-state index contributed by atoms with van der Waals surface area (Å²) in [7, 11) is 0. The lowest BCUT2D eigenvalue weighted by Gasteiger charge is -2.04. The van der Waals surface area contributed by atoms with E-state index >= 15 is 0 Å². The molecule has 0 atom stereocenters. The Morgan fingerprint density at radius 2 is 2.00 bits per heavy atom. The number of aliphatic hydroxyl groups excluding tert-OH is 1. The van der Waals surface area contributed by atoms with Crippen LogP contribution in [-0.4, -0.2) is 26.7 Å². The maximum absolute atomic E-state index is 8.77. The van der Waals surface area contributed by atoms with E-state index in [0.717, 1.165) is 11.3 Å². The maximum Gasteiger partial charge on any atom is 0.0885 e. The van der Waals surface area contributed by atoms with Gasteiger partial charge in [0.25, 0.3) is 0 Å². The van der Waals surface area contributed by atoms with E-state index in [-0.39, 0.29) is 6.61 Å². The number of aryl methyl sites for hydroxylation is 1. The number of hydrogen-bond acceptors (Lipinski definition) is 3. The molecular weight excluding hydrogens is 190 g/mol. The summed E-state index contributed by atoms with van der Waals surface area (Å²) in [5.41, 5.74) is 2.09. The molecule has 0 aliphatic heterocycles. The molecule has 0 saturated carbocycles. The molecule has 2 aromatic rings. The minimum Gasteiger partial charge on any atom is -0.396 e. The molecule has 0 amide bonds. The van der Waals surface area contributed by atoms with Gasteiger partial charge in [0.1, 0.15) is 0 Å². The highest BCUT2D eigenvalue weighted by Crippen LogP contribution is 2.16. The number of rotatable bonds is 4. The van der Waals surface area contributed by atoms with Gasteiger partial charge in [-0.1, -0.05) is 35.5 Å². The Kier molecular flexibility index (Phi) is 3.09. The Balaban J connectivity index is 2.25. The van der Waals surface area contributed by atoms with Crippen LogP contribution in [0.4, 0.5) is 0 Å². The van der Waals surface area contributed by atoms with Gasteiger partial charge in [0.05, 0.1) is 11.9 Å². The van der Waals surface area contributed by atoms with Crippen LogP contribution in [0.25, 0.3) is 11.3 Å². The average molecular weight is 203 g/mol. The summed E-state index contributed by atoms with van der Waals surface area (Å²) in [5, 5.41) is 16.6. The van der Waals surface area contributed by atoms with Crippen molar-refractivity contribution in [2.45, 2.75) is 13.0 Å². The van der Waals surface area contributed by atoms with Gasteiger partial charge < -0.3 is 5.11 Å². The molecule has 15 heavy (non-hydrogen) atoms. The van der Waals surface area contributed by atoms with Crippen molar-refractivity contribution in [2.75, 3.05) is 6.61 Å². The minimum atomic E-state index is 0.175. The Morgan fingerprint density at radius 3 is 2.73 bits per heavy atom. The van der Waals surface area contributed by atoms with Gasteiger partial charge in [-0.3, -0.25) is 0 Å². The predicted molar refractivity (Wildman–Crippen MR) is 57.2 cm³/mol. The van der Waals surface area contributed by atoms with Gasteiger partial charge in [-0.15, -0.1) is 5.10 Å². The number of hydrogen-bond donors (Lipinski definition) is 1.